The van der Waals surface area contributed by atoms with E-state index >= 15 is 0 Å². The van der Waals surface area contributed by atoms with Gasteiger partial charge in [0.1, 0.15) is 0 Å². The SMILES string of the molecule is C.CC(C)(C)CN1CCCC1=O. The quantitative estimate of drug-likeness (QED) is 0.592. The molecule has 0 atom stereocenters. The highest BCUT2D eigenvalue weighted by Crippen LogP contribution is 2.19. The highest BCUT2D eigenvalue weighted by molar-refractivity contribution is 5.78. The maximum absolute atomic E-state index is 11.2. The zero-order valence-corrected chi connectivity index (χ0v) is 7.68. The molecule has 0 aromatic rings. The first kappa shape index (κ1) is 11.5. The Labute approximate surface area is 75.9 Å². The molecule has 1 aliphatic heterocycles. The van der Waals surface area contributed by atoms with Crippen LogP contribution in [0.5, 0.6) is 0 Å². The number of carbonyl (C=O) groups is 1. The number of carbonyl (C=O) groups excluding carboxylic acids is 1. The molecule has 1 aliphatic rings. The van der Waals surface area contributed by atoms with Crippen molar-refractivity contribution in [2.24, 2.45) is 5.41 Å². The van der Waals surface area contributed by atoms with Crippen molar-refractivity contribution >= 4 is 5.91 Å². The van der Waals surface area contributed by atoms with Crippen molar-refractivity contribution in [3.63, 3.8) is 0 Å². The second-order valence-corrected chi connectivity index (χ2v) is 4.48. The number of rotatable bonds is 1. The average molecular weight is 171 g/mol. The van der Waals surface area contributed by atoms with Gasteiger partial charge in [0.05, 0.1) is 0 Å². The van der Waals surface area contributed by atoms with Crippen molar-refractivity contribution in [3.8, 4) is 0 Å². The maximum Gasteiger partial charge on any atom is 0.222 e. The zero-order chi connectivity index (χ0) is 8.48. The minimum absolute atomic E-state index is 0. The molecular weight excluding hydrogens is 150 g/mol. The van der Waals surface area contributed by atoms with Crippen LogP contribution in [0.1, 0.15) is 41.0 Å². The van der Waals surface area contributed by atoms with Crippen LogP contribution in [0.2, 0.25) is 0 Å². The smallest absolute Gasteiger partial charge is 0.222 e. The molecule has 0 aliphatic carbocycles. The number of hydrogen-bond donors (Lipinski definition) is 0. The lowest BCUT2D eigenvalue weighted by atomic mass is 9.96. The Kier molecular flexibility index (Phi) is 3.75. The predicted octanol–water partition coefficient (Wildman–Crippen LogP) is 2.29. The Morgan fingerprint density at radius 2 is 2.00 bits per heavy atom. The topological polar surface area (TPSA) is 20.3 Å². The van der Waals surface area contributed by atoms with Crippen LogP contribution >= 0.6 is 0 Å². The van der Waals surface area contributed by atoms with Crippen molar-refractivity contribution in [2.45, 2.75) is 41.0 Å². The highest BCUT2D eigenvalue weighted by Gasteiger charge is 2.24. The first-order valence-electron chi connectivity index (χ1n) is 4.27. The molecule has 0 aromatic carbocycles. The molecule has 1 heterocycles. The Hall–Kier alpha value is -0.530. The second kappa shape index (κ2) is 3.92. The maximum atomic E-state index is 11.2. The van der Waals surface area contributed by atoms with Crippen molar-refractivity contribution in [2.75, 3.05) is 13.1 Å². The van der Waals surface area contributed by atoms with Crippen molar-refractivity contribution in [1.29, 1.82) is 0 Å². The van der Waals surface area contributed by atoms with E-state index in [4.69, 9.17) is 0 Å². The van der Waals surface area contributed by atoms with Gasteiger partial charge in [-0.15, -0.1) is 0 Å². The molecule has 0 aromatic heterocycles. The van der Waals surface area contributed by atoms with Crippen LogP contribution < -0.4 is 0 Å². The third-order valence-electron chi connectivity index (χ3n) is 1.84. The summed E-state index contributed by atoms with van der Waals surface area (Å²) >= 11 is 0. The van der Waals surface area contributed by atoms with E-state index in [0.29, 0.717) is 5.91 Å². The van der Waals surface area contributed by atoms with Crippen LogP contribution in [0.4, 0.5) is 0 Å². The van der Waals surface area contributed by atoms with Crippen LogP contribution in [0, 0.1) is 5.41 Å². The summed E-state index contributed by atoms with van der Waals surface area (Å²) in [6.45, 7) is 8.37. The van der Waals surface area contributed by atoms with Crippen LogP contribution in [-0.4, -0.2) is 23.9 Å². The Morgan fingerprint density at radius 3 is 2.33 bits per heavy atom. The predicted molar refractivity (Wildman–Crippen MR) is 52.0 cm³/mol. The van der Waals surface area contributed by atoms with E-state index in [-0.39, 0.29) is 12.8 Å². The van der Waals surface area contributed by atoms with Crippen LogP contribution in [0.25, 0.3) is 0 Å². The molecule has 72 valence electrons. The van der Waals surface area contributed by atoms with Gasteiger partial charge in [0, 0.05) is 19.5 Å². The molecule has 0 spiro atoms. The van der Waals surface area contributed by atoms with E-state index in [1.165, 1.54) is 0 Å². The normalized spacial score (nSPS) is 17.9. The Bertz CT molecular complexity index is 158. The summed E-state index contributed by atoms with van der Waals surface area (Å²) in [7, 11) is 0. The lowest BCUT2D eigenvalue weighted by Gasteiger charge is -2.25. The standard InChI is InChI=1S/C9H17NO.CH4/c1-9(2,3)7-10-6-4-5-8(10)11;/h4-7H2,1-3H3;1H4. The van der Waals surface area contributed by atoms with E-state index in [0.717, 1.165) is 25.9 Å². The highest BCUT2D eigenvalue weighted by atomic mass is 16.2. The van der Waals surface area contributed by atoms with Crippen LogP contribution in [0.3, 0.4) is 0 Å². The van der Waals surface area contributed by atoms with Crippen molar-refractivity contribution in [1.82, 2.24) is 4.90 Å². The fourth-order valence-electron chi connectivity index (χ4n) is 1.44. The molecular formula is C10H21NO. The summed E-state index contributed by atoms with van der Waals surface area (Å²) in [5.41, 5.74) is 0.250. The van der Waals surface area contributed by atoms with Gasteiger partial charge in [-0.3, -0.25) is 4.79 Å². The molecule has 12 heavy (non-hydrogen) atoms. The number of likely N-dealkylation sites (tertiary alicyclic amines) is 1. The van der Waals surface area contributed by atoms with Gasteiger partial charge in [-0.1, -0.05) is 28.2 Å². The summed E-state index contributed by atoms with van der Waals surface area (Å²) in [6, 6.07) is 0. The van der Waals surface area contributed by atoms with Crippen LogP contribution in [0.15, 0.2) is 0 Å². The largest absolute Gasteiger partial charge is 0.342 e. The van der Waals surface area contributed by atoms with E-state index in [1.807, 2.05) is 4.90 Å². The van der Waals surface area contributed by atoms with Gasteiger partial charge >= 0.3 is 0 Å². The fraction of sp³-hybridized carbons (Fsp3) is 0.900. The third kappa shape index (κ3) is 3.24. The summed E-state index contributed by atoms with van der Waals surface area (Å²) in [4.78, 5) is 13.2. The number of amides is 1. The van der Waals surface area contributed by atoms with E-state index in [9.17, 15) is 4.79 Å². The van der Waals surface area contributed by atoms with E-state index < -0.39 is 0 Å². The van der Waals surface area contributed by atoms with E-state index in [2.05, 4.69) is 20.8 Å². The lowest BCUT2D eigenvalue weighted by molar-refractivity contribution is -0.128. The molecule has 0 bridgehead atoms. The average Bonchev–Trinajstić information content (AvgIpc) is 2.12. The van der Waals surface area contributed by atoms with Gasteiger partial charge in [-0.25, -0.2) is 0 Å². The fourth-order valence-corrected chi connectivity index (χ4v) is 1.44. The third-order valence-corrected chi connectivity index (χ3v) is 1.84. The van der Waals surface area contributed by atoms with Crippen LogP contribution in [-0.2, 0) is 4.79 Å². The monoisotopic (exact) mass is 171 g/mol. The summed E-state index contributed by atoms with van der Waals surface area (Å²) in [6.07, 6.45) is 1.81. The van der Waals surface area contributed by atoms with Gasteiger partial charge in [0.15, 0.2) is 0 Å². The minimum Gasteiger partial charge on any atom is -0.342 e. The van der Waals surface area contributed by atoms with Crippen molar-refractivity contribution in [3.05, 3.63) is 0 Å². The molecule has 1 amide bonds. The lowest BCUT2D eigenvalue weighted by Crippen LogP contribution is -2.33. The first-order chi connectivity index (χ1) is 4.99. The summed E-state index contributed by atoms with van der Waals surface area (Å²) in [5.74, 6) is 0.333. The molecule has 0 radical (unpaired) electrons. The minimum atomic E-state index is 0. The van der Waals surface area contributed by atoms with Gasteiger partial charge in [0.25, 0.3) is 0 Å². The summed E-state index contributed by atoms with van der Waals surface area (Å²) < 4.78 is 0. The molecule has 1 saturated heterocycles. The zero-order valence-electron chi connectivity index (χ0n) is 7.68. The summed E-state index contributed by atoms with van der Waals surface area (Å²) in [5, 5.41) is 0. The van der Waals surface area contributed by atoms with Crippen molar-refractivity contribution < 1.29 is 4.79 Å². The molecule has 2 heteroatoms. The molecule has 1 fully saturated rings. The van der Waals surface area contributed by atoms with Gasteiger partial charge in [-0.05, 0) is 11.8 Å². The van der Waals surface area contributed by atoms with E-state index in [1.54, 1.807) is 0 Å². The molecule has 1 rings (SSSR count). The van der Waals surface area contributed by atoms with Gasteiger partial charge in [0.2, 0.25) is 5.91 Å². The molecule has 0 saturated carbocycles. The molecule has 2 nitrogen and oxygen atoms in total. The Balaban J connectivity index is 0.00000121. The second-order valence-electron chi connectivity index (χ2n) is 4.48. The number of hydrogen-bond acceptors (Lipinski definition) is 1. The van der Waals surface area contributed by atoms with Gasteiger partial charge < -0.3 is 4.90 Å². The molecule has 0 unspecified atom stereocenters. The number of nitrogens with zero attached hydrogens (tertiary/aromatic N) is 1. The first-order valence-corrected chi connectivity index (χ1v) is 4.27. The Morgan fingerprint density at radius 1 is 1.42 bits per heavy atom. The van der Waals surface area contributed by atoms with Gasteiger partial charge in [-0.2, -0.15) is 0 Å². The molecule has 0 N–H and O–H groups in total.